The van der Waals surface area contributed by atoms with Gasteiger partial charge in [0.2, 0.25) is 10.0 Å². The van der Waals surface area contributed by atoms with Gasteiger partial charge >= 0.3 is 0 Å². The van der Waals surface area contributed by atoms with Crippen LogP contribution in [0.25, 0.3) is 0 Å². The van der Waals surface area contributed by atoms with Gasteiger partial charge in [0, 0.05) is 12.1 Å². The zero-order chi connectivity index (χ0) is 19.2. The van der Waals surface area contributed by atoms with Gasteiger partial charge in [0.05, 0.1) is 17.7 Å². The Morgan fingerprint density at radius 3 is 2.35 bits per heavy atom. The third-order valence-corrected chi connectivity index (χ3v) is 5.27. The number of hydrogen-bond donors (Lipinski definition) is 2. The molecule has 0 aliphatic rings. The van der Waals surface area contributed by atoms with Crippen molar-refractivity contribution in [2.24, 2.45) is 5.92 Å². The van der Waals surface area contributed by atoms with Crippen LogP contribution in [-0.2, 0) is 10.0 Å². The minimum Gasteiger partial charge on any atom is -0.495 e. The lowest BCUT2D eigenvalue weighted by molar-refractivity contribution is 0.102. The van der Waals surface area contributed by atoms with Crippen LogP contribution in [0, 0.1) is 5.92 Å². The molecule has 0 fully saturated rings. The largest absolute Gasteiger partial charge is 0.495 e. The number of para-hydroxylation sites is 2. The number of ether oxygens (including phenoxy) is 1. The van der Waals surface area contributed by atoms with E-state index in [0.717, 1.165) is 6.42 Å². The lowest BCUT2D eigenvalue weighted by Crippen LogP contribution is -2.25. The van der Waals surface area contributed by atoms with E-state index in [2.05, 4.69) is 10.0 Å². The minimum atomic E-state index is -3.57. The van der Waals surface area contributed by atoms with Gasteiger partial charge in [-0.3, -0.25) is 4.79 Å². The predicted octanol–water partition coefficient (Wildman–Crippen LogP) is 3.27. The Labute approximate surface area is 154 Å². The Balaban J connectivity index is 2.07. The molecule has 1 amide bonds. The van der Waals surface area contributed by atoms with Crippen LogP contribution in [-0.4, -0.2) is 28.0 Å². The molecule has 0 radical (unpaired) electrons. The van der Waals surface area contributed by atoms with Gasteiger partial charge < -0.3 is 10.1 Å². The first-order valence-corrected chi connectivity index (χ1v) is 9.86. The first kappa shape index (κ1) is 19.9. The SMILES string of the molecule is COc1ccccc1NC(=O)c1ccc(S(=O)(=O)NCCC(C)C)cc1. The molecule has 0 aromatic heterocycles. The van der Waals surface area contributed by atoms with Crippen LogP contribution in [0.5, 0.6) is 5.75 Å². The molecule has 2 aromatic rings. The summed E-state index contributed by atoms with van der Waals surface area (Å²) in [6, 6.07) is 12.9. The number of rotatable bonds is 8. The topological polar surface area (TPSA) is 84.5 Å². The van der Waals surface area contributed by atoms with E-state index in [0.29, 0.717) is 29.5 Å². The summed E-state index contributed by atoms with van der Waals surface area (Å²) in [5.74, 6) is 0.624. The van der Waals surface area contributed by atoms with Crippen LogP contribution in [0.15, 0.2) is 53.4 Å². The first-order chi connectivity index (χ1) is 12.3. The van der Waals surface area contributed by atoms with E-state index in [4.69, 9.17) is 4.74 Å². The van der Waals surface area contributed by atoms with Crippen molar-refractivity contribution in [2.45, 2.75) is 25.2 Å². The second-order valence-electron chi connectivity index (χ2n) is 6.26. The van der Waals surface area contributed by atoms with Crippen LogP contribution in [0.1, 0.15) is 30.6 Å². The fourth-order valence-corrected chi connectivity index (χ4v) is 3.34. The van der Waals surface area contributed by atoms with Crippen molar-refractivity contribution in [1.82, 2.24) is 4.72 Å². The number of sulfonamides is 1. The zero-order valence-corrected chi connectivity index (χ0v) is 16.0. The molecule has 2 N–H and O–H groups in total. The molecule has 0 bridgehead atoms. The summed E-state index contributed by atoms with van der Waals surface area (Å²) in [6.07, 6.45) is 0.763. The fraction of sp³-hybridized carbons (Fsp3) is 0.316. The van der Waals surface area contributed by atoms with Gasteiger partial charge in [-0.25, -0.2) is 13.1 Å². The second kappa shape index (κ2) is 8.82. The van der Waals surface area contributed by atoms with Crippen molar-refractivity contribution in [3.05, 3.63) is 54.1 Å². The molecule has 0 saturated carbocycles. The molecular formula is C19H24N2O4S. The van der Waals surface area contributed by atoms with Gasteiger partial charge in [-0.1, -0.05) is 26.0 Å². The molecule has 26 heavy (non-hydrogen) atoms. The van der Waals surface area contributed by atoms with Gasteiger partial charge in [-0.05, 0) is 48.7 Å². The molecule has 0 unspecified atom stereocenters. The molecule has 140 valence electrons. The second-order valence-corrected chi connectivity index (χ2v) is 8.03. The first-order valence-electron chi connectivity index (χ1n) is 8.37. The summed E-state index contributed by atoms with van der Waals surface area (Å²) >= 11 is 0. The van der Waals surface area contributed by atoms with E-state index in [-0.39, 0.29) is 10.8 Å². The summed E-state index contributed by atoms with van der Waals surface area (Å²) in [5, 5.41) is 2.75. The van der Waals surface area contributed by atoms with Crippen LogP contribution < -0.4 is 14.8 Å². The number of carbonyl (C=O) groups is 1. The van der Waals surface area contributed by atoms with Gasteiger partial charge in [0.15, 0.2) is 0 Å². The lowest BCUT2D eigenvalue weighted by Gasteiger charge is -2.11. The minimum absolute atomic E-state index is 0.134. The van der Waals surface area contributed by atoms with E-state index in [1.54, 1.807) is 24.3 Å². The summed E-state index contributed by atoms with van der Waals surface area (Å²) in [7, 11) is -2.04. The van der Waals surface area contributed by atoms with E-state index in [1.807, 2.05) is 13.8 Å². The van der Waals surface area contributed by atoms with Crippen molar-refractivity contribution in [3.63, 3.8) is 0 Å². The predicted molar refractivity (Wildman–Crippen MR) is 102 cm³/mol. The van der Waals surface area contributed by atoms with Crippen LogP contribution in [0.4, 0.5) is 5.69 Å². The van der Waals surface area contributed by atoms with E-state index in [9.17, 15) is 13.2 Å². The Hall–Kier alpha value is -2.38. The molecule has 2 aromatic carbocycles. The van der Waals surface area contributed by atoms with Crippen molar-refractivity contribution < 1.29 is 17.9 Å². The van der Waals surface area contributed by atoms with E-state index < -0.39 is 10.0 Å². The Morgan fingerprint density at radius 2 is 1.73 bits per heavy atom. The molecule has 7 heteroatoms. The maximum absolute atomic E-state index is 12.4. The summed E-state index contributed by atoms with van der Waals surface area (Å²) < 4.78 is 32.2. The monoisotopic (exact) mass is 376 g/mol. The van der Waals surface area contributed by atoms with Crippen molar-refractivity contribution in [2.75, 3.05) is 19.0 Å². The highest BCUT2D eigenvalue weighted by atomic mass is 32.2. The molecular weight excluding hydrogens is 352 g/mol. The van der Waals surface area contributed by atoms with E-state index >= 15 is 0 Å². The quantitative estimate of drug-likeness (QED) is 0.740. The lowest BCUT2D eigenvalue weighted by atomic mass is 10.1. The number of anilines is 1. The average Bonchev–Trinajstić information content (AvgIpc) is 2.61. The standard InChI is InChI=1S/C19H24N2O4S/c1-14(2)12-13-20-26(23,24)16-10-8-15(9-11-16)19(22)21-17-6-4-5-7-18(17)25-3/h4-11,14,20H,12-13H2,1-3H3,(H,21,22). The molecule has 2 rings (SSSR count). The highest BCUT2D eigenvalue weighted by Gasteiger charge is 2.15. The van der Waals surface area contributed by atoms with Crippen molar-refractivity contribution >= 4 is 21.6 Å². The average molecular weight is 376 g/mol. The van der Waals surface area contributed by atoms with Crippen LogP contribution in [0.2, 0.25) is 0 Å². The highest BCUT2D eigenvalue weighted by Crippen LogP contribution is 2.23. The van der Waals surface area contributed by atoms with Gasteiger partial charge in [0.25, 0.3) is 5.91 Å². The Kier molecular flexibility index (Phi) is 6.76. The normalized spacial score (nSPS) is 11.4. The molecule has 0 saturated heterocycles. The molecule has 0 spiro atoms. The van der Waals surface area contributed by atoms with Crippen LogP contribution in [0.3, 0.4) is 0 Å². The number of amides is 1. The Bertz CT molecular complexity index is 846. The van der Waals surface area contributed by atoms with Crippen LogP contribution >= 0.6 is 0 Å². The summed E-state index contributed by atoms with van der Waals surface area (Å²) in [5.41, 5.74) is 0.907. The maximum Gasteiger partial charge on any atom is 0.255 e. The highest BCUT2D eigenvalue weighted by molar-refractivity contribution is 7.89. The van der Waals surface area contributed by atoms with Crippen molar-refractivity contribution in [3.8, 4) is 5.75 Å². The van der Waals surface area contributed by atoms with Crippen molar-refractivity contribution in [1.29, 1.82) is 0 Å². The third kappa shape index (κ3) is 5.31. The summed E-state index contributed by atoms with van der Waals surface area (Å²) in [4.78, 5) is 12.5. The molecule has 0 heterocycles. The maximum atomic E-state index is 12.4. The van der Waals surface area contributed by atoms with Gasteiger partial charge in [0.1, 0.15) is 5.75 Å². The fourth-order valence-electron chi connectivity index (χ4n) is 2.29. The number of nitrogens with one attached hydrogen (secondary N) is 2. The van der Waals surface area contributed by atoms with Gasteiger partial charge in [-0.15, -0.1) is 0 Å². The summed E-state index contributed by atoms with van der Waals surface area (Å²) in [6.45, 7) is 4.45. The zero-order valence-electron chi connectivity index (χ0n) is 15.2. The Morgan fingerprint density at radius 1 is 1.08 bits per heavy atom. The van der Waals surface area contributed by atoms with Gasteiger partial charge in [-0.2, -0.15) is 0 Å². The van der Waals surface area contributed by atoms with E-state index in [1.165, 1.54) is 31.4 Å². The molecule has 6 nitrogen and oxygen atoms in total. The number of methoxy groups -OCH3 is 1. The number of hydrogen-bond acceptors (Lipinski definition) is 4. The number of carbonyl (C=O) groups excluding carboxylic acids is 1. The third-order valence-electron chi connectivity index (χ3n) is 3.80. The molecule has 0 atom stereocenters. The molecule has 0 aliphatic heterocycles. The molecule has 0 aliphatic carbocycles. The number of benzene rings is 2. The smallest absolute Gasteiger partial charge is 0.255 e.